The van der Waals surface area contributed by atoms with Crippen molar-refractivity contribution in [3.63, 3.8) is 0 Å². The minimum Gasteiger partial charge on any atom is -0.286 e. The molecule has 1 aliphatic heterocycles. The van der Waals surface area contributed by atoms with Gasteiger partial charge in [-0.2, -0.15) is 5.10 Å². The Hall–Kier alpha value is -2.53. The Morgan fingerprint density at radius 2 is 2.00 bits per heavy atom. The average Bonchev–Trinajstić information content (AvgIpc) is 2.93. The zero-order chi connectivity index (χ0) is 16.7. The number of aromatic nitrogens is 3. The van der Waals surface area contributed by atoms with E-state index in [2.05, 4.69) is 15.1 Å². The molecule has 0 saturated carbocycles. The van der Waals surface area contributed by atoms with Gasteiger partial charge in [-0.25, -0.2) is 4.39 Å². The van der Waals surface area contributed by atoms with Gasteiger partial charge in [0, 0.05) is 34.8 Å². The van der Waals surface area contributed by atoms with Gasteiger partial charge in [0.2, 0.25) is 0 Å². The smallest absolute Gasteiger partial charge is 0.134 e. The number of halogens is 2. The highest BCUT2D eigenvalue weighted by Gasteiger charge is 2.24. The van der Waals surface area contributed by atoms with Crippen LogP contribution in [-0.2, 0) is 6.54 Å². The fourth-order valence-electron chi connectivity index (χ4n) is 2.91. The number of benzene rings is 1. The quantitative estimate of drug-likeness (QED) is 0.700. The maximum atomic E-state index is 14.5. The standard InChI is InChI=1S/C18H14ClFN4/c1-11-10-24-16(9-22-11)17(12-4-6-21-7-5-12)18(23-24)14-3-2-13(19)8-15(14)20/h2-9,11H,10H2,1H3. The molecule has 0 radical (unpaired) electrons. The third kappa shape index (κ3) is 2.51. The highest BCUT2D eigenvalue weighted by Crippen LogP contribution is 2.36. The van der Waals surface area contributed by atoms with Gasteiger partial charge in [-0.3, -0.25) is 14.7 Å². The van der Waals surface area contributed by atoms with Crippen LogP contribution in [0.3, 0.4) is 0 Å². The van der Waals surface area contributed by atoms with Crippen molar-refractivity contribution in [2.75, 3.05) is 0 Å². The molecule has 0 bridgehead atoms. The van der Waals surface area contributed by atoms with Crippen LogP contribution in [-0.4, -0.2) is 27.0 Å². The third-order valence-electron chi connectivity index (χ3n) is 4.04. The van der Waals surface area contributed by atoms with E-state index in [0.717, 1.165) is 16.8 Å². The largest absolute Gasteiger partial charge is 0.286 e. The lowest BCUT2D eigenvalue weighted by Gasteiger charge is -2.14. The third-order valence-corrected chi connectivity index (χ3v) is 4.27. The average molecular weight is 341 g/mol. The van der Waals surface area contributed by atoms with Gasteiger partial charge in [0.15, 0.2) is 0 Å². The summed E-state index contributed by atoms with van der Waals surface area (Å²) in [5, 5.41) is 5.02. The normalized spacial score (nSPS) is 16.2. The molecule has 6 heteroatoms. The van der Waals surface area contributed by atoms with Crippen molar-refractivity contribution < 1.29 is 4.39 Å². The molecule has 4 rings (SSSR count). The number of hydrogen-bond donors (Lipinski definition) is 0. The predicted octanol–water partition coefficient (Wildman–Crippen LogP) is 4.23. The monoisotopic (exact) mass is 340 g/mol. The van der Waals surface area contributed by atoms with E-state index in [0.29, 0.717) is 22.8 Å². The first-order chi connectivity index (χ1) is 11.6. The van der Waals surface area contributed by atoms with Crippen LogP contribution < -0.4 is 0 Å². The van der Waals surface area contributed by atoms with Gasteiger partial charge < -0.3 is 0 Å². The van der Waals surface area contributed by atoms with E-state index in [1.165, 1.54) is 6.07 Å². The maximum Gasteiger partial charge on any atom is 0.134 e. The van der Waals surface area contributed by atoms with E-state index in [4.69, 9.17) is 11.6 Å². The lowest BCUT2D eigenvalue weighted by atomic mass is 9.99. The lowest BCUT2D eigenvalue weighted by Crippen LogP contribution is -2.19. The molecule has 24 heavy (non-hydrogen) atoms. The molecular formula is C18H14ClFN4. The van der Waals surface area contributed by atoms with E-state index in [1.807, 2.05) is 30.0 Å². The number of hydrogen-bond acceptors (Lipinski definition) is 3. The second kappa shape index (κ2) is 5.83. The van der Waals surface area contributed by atoms with Crippen molar-refractivity contribution in [1.29, 1.82) is 0 Å². The Morgan fingerprint density at radius 3 is 2.75 bits per heavy atom. The van der Waals surface area contributed by atoms with Crippen molar-refractivity contribution in [3.8, 4) is 22.4 Å². The lowest BCUT2D eigenvalue weighted by molar-refractivity contribution is 0.527. The molecule has 1 aromatic carbocycles. The summed E-state index contributed by atoms with van der Waals surface area (Å²) < 4.78 is 16.4. The summed E-state index contributed by atoms with van der Waals surface area (Å²) in [6, 6.07) is 8.57. The van der Waals surface area contributed by atoms with Gasteiger partial charge in [0.1, 0.15) is 11.5 Å². The summed E-state index contributed by atoms with van der Waals surface area (Å²) in [5.74, 6) is -0.391. The van der Waals surface area contributed by atoms with Crippen molar-refractivity contribution in [2.45, 2.75) is 19.5 Å². The molecular weight excluding hydrogens is 327 g/mol. The fourth-order valence-corrected chi connectivity index (χ4v) is 3.07. The number of pyridine rings is 1. The molecule has 0 fully saturated rings. The summed E-state index contributed by atoms with van der Waals surface area (Å²) in [5.41, 5.74) is 3.68. The van der Waals surface area contributed by atoms with Gasteiger partial charge in [0.05, 0.1) is 18.3 Å². The Balaban J connectivity index is 1.99. The zero-order valence-corrected chi connectivity index (χ0v) is 13.7. The van der Waals surface area contributed by atoms with Gasteiger partial charge in [-0.1, -0.05) is 11.6 Å². The summed E-state index contributed by atoms with van der Waals surface area (Å²) in [6.45, 7) is 2.69. The molecule has 1 atom stereocenters. The Bertz CT molecular complexity index is 934. The first-order valence-electron chi connectivity index (χ1n) is 7.63. The van der Waals surface area contributed by atoms with Crippen LogP contribution >= 0.6 is 11.6 Å². The van der Waals surface area contributed by atoms with E-state index < -0.39 is 5.82 Å². The van der Waals surface area contributed by atoms with E-state index in [-0.39, 0.29) is 6.04 Å². The Labute approximate surface area is 143 Å². The van der Waals surface area contributed by atoms with Crippen molar-refractivity contribution in [2.24, 2.45) is 4.99 Å². The second-order valence-corrected chi connectivity index (χ2v) is 6.21. The number of nitrogens with zero attached hydrogens (tertiary/aromatic N) is 4. The number of aliphatic imine (C=N–C) groups is 1. The van der Waals surface area contributed by atoms with Crippen LogP contribution in [0.25, 0.3) is 22.4 Å². The minimum atomic E-state index is -0.391. The summed E-state index contributed by atoms with van der Waals surface area (Å²) >= 11 is 5.89. The van der Waals surface area contributed by atoms with Crippen molar-refractivity contribution >= 4 is 17.8 Å². The van der Waals surface area contributed by atoms with E-state index in [9.17, 15) is 4.39 Å². The van der Waals surface area contributed by atoms with Crippen LogP contribution in [0.2, 0.25) is 5.02 Å². The van der Waals surface area contributed by atoms with Crippen LogP contribution in [0, 0.1) is 5.82 Å². The molecule has 1 aliphatic rings. The molecule has 120 valence electrons. The van der Waals surface area contributed by atoms with E-state index >= 15 is 0 Å². The summed E-state index contributed by atoms with van der Waals surface area (Å²) in [6.07, 6.45) is 5.24. The molecule has 1 unspecified atom stereocenters. The zero-order valence-electron chi connectivity index (χ0n) is 12.9. The Morgan fingerprint density at radius 1 is 1.21 bits per heavy atom. The first kappa shape index (κ1) is 15.0. The summed E-state index contributed by atoms with van der Waals surface area (Å²) in [4.78, 5) is 8.54. The van der Waals surface area contributed by atoms with Crippen LogP contribution in [0.4, 0.5) is 4.39 Å². The highest BCUT2D eigenvalue weighted by atomic mass is 35.5. The molecule has 0 aliphatic carbocycles. The summed E-state index contributed by atoms with van der Waals surface area (Å²) in [7, 11) is 0. The predicted molar refractivity (Wildman–Crippen MR) is 92.9 cm³/mol. The molecule has 0 amide bonds. The minimum absolute atomic E-state index is 0.144. The highest BCUT2D eigenvalue weighted by molar-refractivity contribution is 6.30. The van der Waals surface area contributed by atoms with Crippen LogP contribution in [0.5, 0.6) is 0 Å². The van der Waals surface area contributed by atoms with Gasteiger partial charge >= 0.3 is 0 Å². The van der Waals surface area contributed by atoms with Crippen LogP contribution in [0.15, 0.2) is 47.7 Å². The maximum absolute atomic E-state index is 14.5. The molecule has 2 aromatic heterocycles. The number of fused-ring (bicyclic) bond motifs is 1. The molecule has 0 spiro atoms. The Kier molecular flexibility index (Phi) is 3.65. The molecule has 0 saturated heterocycles. The first-order valence-corrected chi connectivity index (χ1v) is 8.01. The van der Waals surface area contributed by atoms with E-state index in [1.54, 1.807) is 24.5 Å². The van der Waals surface area contributed by atoms with Crippen LogP contribution in [0.1, 0.15) is 12.6 Å². The van der Waals surface area contributed by atoms with Gasteiger partial charge in [-0.05, 0) is 42.8 Å². The second-order valence-electron chi connectivity index (χ2n) is 5.78. The molecule has 3 aromatic rings. The SMILES string of the molecule is CC1Cn2nc(-c3ccc(Cl)cc3F)c(-c3ccncc3)c2C=N1. The van der Waals surface area contributed by atoms with Gasteiger partial charge in [0.25, 0.3) is 0 Å². The molecule has 3 heterocycles. The molecule has 4 nitrogen and oxygen atoms in total. The topological polar surface area (TPSA) is 43.1 Å². The molecule has 0 N–H and O–H groups in total. The van der Waals surface area contributed by atoms with Crippen molar-refractivity contribution in [1.82, 2.24) is 14.8 Å². The number of rotatable bonds is 2. The van der Waals surface area contributed by atoms with Crippen molar-refractivity contribution in [3.05, 3.63) is 59.3 Å². The van der Waals surface area contributed by atoms with Gasteiger partial charge in [-0.15, -0.1) is 0 Å². The fraction of sp³-hybridized carbons (Fsp3) is 0.167.